The lowest BCUT2D eigenvalue weighted by atomic mass is 9.96. The van der Waals surface area contributed by atoms with Crippen molar-refractivity contribution in [1.82, 2.24) is 9.55 Å². The van der Waals surface area contributed by atoms with Crippen LogP contribution in [0.3, 0.4) is 0 Å². The molecule has 192 valence electrons. The first-order valence-electron chi connectivity index (χ1n) is 11.3. The summed E-state index contributed by atoms with van der Waals surface area (Å²) in [6.45, 7) is 9.66. The Kier molecular flexibility index (Phi) is 7.91. The Balaban J connectivity index is 1.41. The van der Waals surface area contributed by atoms with Gasteiger partial charge in [-0.25, -0.2) is 9.36 Å². The van der Waals surface area contributed by atoms with Gasteiger partial charge in [0.15, 0.2) is 6.23 Å². The first-order valence-corrected chi connectivity index (χ1v) is 14.9. The summed E-state index contributed by atoms with van der Waals surface area (Å²) in [5, 5.41) is 11.2. The molecule has 9 nitrogen and oxygen atoms in total. The van der Waals surface area contributed by atoms with Crippen LogP contribution < -0.4 is 5.69 Å². The third kappa shape index (κ3) is 6.22. The van der Waals surface area contributed by atoms with Gasteiger partial charge < -0.3 is 9.84 Å². The molecule has 0 spiro atoms. The van der Waals surface area contributed by atoms with Gasteiger partial charge in [-0.05, 0) is 38.0 Å². The molecular formula is C23H31N2O7PS2. The van der Waals surface area contributed by atoms with Crippen LogP contribution in [0.5, 0.6) is 0 Å². The van der Waals surface area contributed by atoms with Crippen molar-refractivity contribution in [3.63, 3.8) is 0 Å². The van der Waals surface area contributed by atoms with Gasteiger partial charge in [-0.3, -0.25) is 18.1 Å². The van der Waals surface area contributed by atoms with Gasteiger partial charge in [0.1, 0.15) is 17.8 Å². The van der Waals surface area contributed by atoms with Crippen LogP contribution in [0, 0.1) is 6.92 Å². The summed E-state index contributed by atoms with van der Waals surface area (Å²) < 4.78 is 37.1. The van der Waals surface area contributed by atoms with E-state index in [1.165, 1.54) is 17.7 Å². The predicted molar refractivity (Wildman–Crippen MR) is 135 cm³/mol. The van der Waals surface area contributed by atoms with Gasteiger partial charge in [0.05, 0.1) is 13.2 Å². The molecule has 2 aromatic rings. The quantitative estimate of drug-likeness (QED) is 0.396. The molecule has 35 heavy (non-hydrogen) atoms. The SMILES string of the molecule is Cc1ccn([C@@H]2O[C@@H]3COP(=O)(OCCc4ccccc4SSC(C)(C)C)O[C@H]3[C@@]2(C)O)c(=O)n1. The monoisotopic (exact) mass is 542 g/mol. The Morgan fingerprint density at radius 2 is 2.06 bits per heavy atom. The smallest absolute Gasteiger partial charge is 0.383 e. The van der Waals surface area contributed by atoms with Gasteiger partial charge in [0.2, 0.25) is 0 Å². The number of rotatable bonds is 7. The molecule has 1 unspecified atom stereocenters. The highest BCUT2D eigenvalue weighted by molar-refractivity contribution is 8.77. The van der Waals surface area contributed by atoms with Gasteiger partial charge in [0, 0.05) is 21.5 Å². The Morgan fingerprint density at radius 1 is 1.31 bits per heavy atom. The normalized spacial score (nSPS) is 30.9. The standard InChI is InChI=1S/C23H31N2O7PS2/c1-15-10-12-25(21(26)24-15)20-23(5,27)19-17(31-20)14-30-33(28,32-19)29-13-11-16-8-6-7-9-18(16)34-35-22(2,3)4/h6-10,12,17,19-20,27H,11,13-14H2,1-5H3/t17-,19-,20-,23-,33?/m1/s1. The number of fused-ring (bicyclic) bond motifs is 1. The summed E-state index contributed by atoms with van der Waals surface area (Å²) >= 11 is 0. The lowest BCUT2D eigenvalue weighted by Gasteiger charge is -2.35. The van der Waals surface area contributed by atoms with E-state index < -0.39 is 37.5 Å². The summed E-state index contributed by atoms with van der Waals surface area (Å²) in [6.07, 6.45) is -0.784. The number of phosphoric acid groups is 1. The molecule has 1 aromatic heterocycles. The van der Waals surface area contributed by atoms with Crippen LogP contribution in [0.25, 0.3) is 0 Å². The molecule has 0 aliphatic carbocycles. The molecule has 2 aliphatic heterocycles. The third-order valence-electron chi connectivity index (χ3n) is 5.55. The minimum atomic E-state index is -3.95. The fourth-order valence-electron chi connectivity index (χ4n) is 3.85. The number of aliphatic hydroxyl groups is 1. The first kappa shape index (κ1) is 26.9. The van der Waals surface area contributed by atoms with Crippen LogP contribution in [0.1, 0.15) is 45.2 Å². The lowest BCUT2D eigenvalue weighted by Crippen LogP contribution is -2.49. The molecule has 2 fully saturated rings. The number of phosphoric ester groups is 1. The molecule has 2 aliphatic rings. The number of ether oxygens (including phenoxy) is 1. The maximum Gasteiger partial charge on any atom is 0.475 e. The van der Waals surface area contributed by atoms with E-state index in [-0.39, 0.29) is 18.0 Å². The van der Waals surface area contributed by atoms with Gasteiger partial charge in [-0.15, -0.1) is 0 Å². The minimum absolute atomic E-state index is 0.0999. The van der Waals surface area contributed by atoms with Crippen molar-refractivity contribution in [2.24, 2.45) is 0 Å². The number of aromatic nitrogens is 2. The molecule has 0 bridgehead atoms. The molecule has 2 saturated heterocycles. The summed E-state index contributed by atoms with van der Waals surface area (Å²) in [7, 11) is -0.479. The van der Waals surface area contributed by atoms with E-state index in [4.69, 9.17) is 18.3 Å². The Hall–Kier alpha value is -1.17. The fraction of sp³-hybridized carbons (Fsp3) is 0.565. The van der Waals surface area contributed by atoms with E-state index in [0.29, 0.717) is 12.1 Å². The van der Waals surface area contributed by atoms with E-state index >= 15 is 0 Å². The molecule has 4 rings (SSSR count). The topological polar surface area (TPSA) is 109 Å². The zero-order chi connectivity index (χ0) is 25.4. The van der Waals surface area contributed by atoms with Crippen molar-refractivity contribution < 1.29 is 28.0 Å². The predicted octanol–water partition coefficient (Wildman–Crippen LogP) is 4.52. The maximum absolute atomic E-state index is 13.2. The largest absolute Gasteiger partial charge is 0.475 e. The highest BCUT2D eigenvalue weighted by atomic mass is 33.1. The lowest BCUT2D eigenvalue weighted by molar-refractivity contribution is -0.0941. The van der Waals surface area contributed by atoms with Crippen molar-refractivity contribution in [1.29, 1.82) is 0 Å². The second kappa shape index (κ2) is 10.3. The second-order valence-corrected chi connectivity index (χ2v) is 14.4. The van der Waals surface area contributed by atoms with E-state index in [1.807, 2.05) is 24.3 Å². The zero-order valence-electron chi connectivity index (χ0n) is 20.4. The highest BCUT2D eigenvalue weighted by Crippen LogP contribution is 2.58. The summed E-state index contributed by atoms with van der Waals surface area (Å²) in [5.74, 6) is 0. The van der Waals surface area contributed by atoms with Gasteiger partial charge in [0.25, 0.3) is 0 Å². The summed E-state index contributed by atoms with van der Waals surface area (Å²) in [5.41, 5.74) is -0.605. The van der Waals surface area contributed by atoms with Crippen LogP contribution >= 0.6 is 29.4 Å². The molecular weight excluding hydrogens is 511 g/mol. The van der Waals surface area contributed by atoms with Gasteiger partial charge in [-0.1, -0.05) is 60.6 Å². The van der Waals surface area contributed by atoms with Gasteiger partial charge in [-0.2, -0.15) is 4.98 Å². The van der Waals surface area contributed by atoms with E-state index in [9.17, 15) is 14.5 Å². The van der Waals surface area contributed by atoms with Crippen LogP contribution in [-0.4, -0.2) is 50.4 Å². The Morgan fingerprint density at radius 3 is 2.77 bits per heavy atom. The zero-order valence-corrected chi connectivity index (χ0v) is 22.9. The Bertz CT molecular complexity index is 1170. The van der Waals surface area contributed by atoms with Crippen molar-refractivity contribution in [2.45, 2.75) is 74.7 Å². The van der Waals surface area contributed by atoms with E-state index in [2.05, 4.69) is 25.8 Å². The van der Waals surface area contributed by atoms with Crippen LogP contribution in [0.2, 0.25) is 0 Å². The summed E-state index contributed by atoms with van der Waals surface area (Å²) in [4.78, 5) is 17.4. The van der Waals surface area contributed by atoms with Crippen molar-refractivity contribution in [3.05, 3.63) is 58.3 Å². The average Bonchev–Trinajstić information content (AvgIpc) is 3.02. The second-order valence-electron chi connectivity index (χ2n) is 9.75. The van der Waals surface area contributed by atoms with Crippen molar-refractivity contribution in [2.75, 3.05) is 13.2 Å². The van der Waals surface area contributed by atoms with Crippen LogP contribution in [0.4, 0.5) is 0 Å². The first-order chi connectivity index (χ1) is 16.4. The van der Waals surface area contributed by atoms with Crippen molar-refractivity contribution in [3.8, 4) is 0 Å². The summed E-state index contributed by atoms with van der Waals surface area (Å²) in [6, 6.07) is 9.64. The molecule has 0 saturated carbocycles. The fourth-order valence-corrected chi connectivity index (χ4v) is 7.57. The third-order valence-corrected chi connectivity index (χ3v) is 10.5. The Labute approximate surface area is 212 Å². The highest BCUT2D eigenvalue weighted by Gasteiger charge is 2.60. The van der Waals surface area contributed by atoms with Crippen LogP contribution in [0.15, 0.2) is 46.2 Å². The molecule has 3 heterocycles. The number of aryl methyl sites for hydroxylation is 1. The maximum atomic E-state index is 13.2. The van der Waals surface area contributed by atoms with Gasteiger partial charge >= 0.3 is 13.5 Å². The molecule has 12 heteroatoms. The molecule has 0 radical (unpaired) electrons. The molecule has 5 atom stereocenters. The molecule has 1 aromatic carbocycles. The van der Waals surface area contributed by atoms with E-state index in [1.54, 1.807) is 34.6 Å². The molecule has 0 amide bonds. The van der Waals surface area contributed by atoms with Crippen molar-refractivity contribution >= 4 is 29.4 Å². The minimum Gasteiger partial charge on any atom is -0.383 e. The average molecular weight is 543 g/mol. The van der Waals surface area contributed by atoms with Crippen LogP contribution in [-0.2, 0) is 29.3 Å². The number of benzene rings is 1. The number of nitrogens with zero attached hydrogens (tertiary/aromatic N) is 2. The number of hydrogen-bond donors (Lipinski definition) is 1. The van der Waals surface area contributed by atoms with E-state index in [0.717, 1.165) is 10.5 Å². The number of hydrogen-bond acceptors (Lipinski definition) is 10. The molecule has 1 N–H and O–H groups in total.